The average molecular weight is 360 g/mol. The Labute approximate surface area is 150 Å². The summed E-state index contributed by atoms with van der Waals surface area (Å²) >= 11 is 6.21. The van der Waals surface area contributed by atoms with E-state index in [0.29, 0.717) is 35.8 Å². The highest BCUT2D eigenvalue weighted by molar-refractivity contribution is 6.31. The number of methoxy groups -OCH3 is 1. The van der Waals surface area contributed by atoms with Crippen molar-refractivity contribution in [3.63, 3.8) is 0 Å². The predicted molar refractivity (Wildman–Crippen MR) is 94.2 cm³/mol. The Bertz CT molecular complexity index is 834. The van der Waals surface area contributed by atoms with Gasteiger partial charge in [-0.15, -0.1) is 0 Å². The van der Waals surface area contributed by atoms with Crippen LogP contribution in [-0.4, -0.2) is 35.5 Å². The Kier molecular flexibility index (Phi) is 4.95. The molecule has 0 atom stereocenters. The number of carboxylic acids is 1. The van der Waals surface area contributed by atoms with Gasteiger partial charge < -0.3 is 14.7 Å². The number of hydrogen-bond donors (Lipinski definition) is 1. The summed E-state index contributed by atoms with van der Waals surface area (Å²) in [5, 5.41) is 9.63. The van der Waals surface area contributed by atoms with E-state index in [1.807, 2.05) is 6.07 Å². The van der Waals surface area contributed by atoms with E-state index in [1.54, 1.807) is 42.3 Å². The molecule has 1 N–H and O–H groups in total. The summed E-state index contributed by atoms with van der Waals surface area (Å²) < 4.78 is 5.29. The number of halogens is 1. The molecular weight excluding hydrogens is 342 g/mol. The van der Waals surface area contributed by atoms with Crippen molar-refractivity contribution in [2.45, 2.75) is 19.4 Å². The molecular formula is C19H18ClNO4. The van der Waals surface area contributed by atoms with E-state index >= 15 is 0 Å². The van der Waals surface area contributed by atoms with Crippen LogP contribution in [0.5, 0.6) is 5.75 Å². The lowest BCUT2D eigenvalue weighted by Crippen LogP contribution is -2.37. The van der Waals surface area contributed by atoms with Crippen LogP contribution in [0.3, 0.4) is 0 Å². The molecule has 130 valence electrons. The standard InChI is InChI=1S/C19H18ClNO4/c1-25-17-4-2-3-16(20)15(17)10-18(22)21-8-7-12-5-6-13(19(23)24)9-14(12)11-21/h2-6,9H,7-8,10-11H2,1H3,(H,23,24). The molecule has 1 aliphatic heterocycles. The highest BCUT2D eigenvalue weighted by atomic mass is 35.5. The van der Waals surface area contributed by atoms with Crippen molar-refractivity contribution in [1.82, 2.24) is 4.90 Å². The molecule has 6 heteroatoms. The number of fused-ring (bicyclic) bond motifs is 1. The van der Waals surface area contributed by atoms with Crippen molar-refractivity contribution in [3.05, 3.63) is 63.7 Å². The SMILES string of the molecule is COc1cccc(Cl)c1CC(=O)N1CCc2ccc(C(=O)O)cc2C1. The monoisotopic (exact) mass is 359 g/mol. The molecule has 0 aromatic heterocycles. The maximum absolute atomic E-state index is 12.7. The molecule has 0 spiro atoms. The first-order valence-corrected chi connectivity index (χ1v) is 8.31. The van der Waals surface area contributed by atoms with Crippen LogP contribution in [0, 0.1) is 0 Å². The van der Waals surface area contributed by atoms with Crippen LogP contribution in [-0.2, 0) is 24.2 Å². The molecule has 0 fully saturated rings. The second kappa shape index (κ2) is 7.15. The lowest BCUT2D eigenvalue weighted by Gasteiger charge is -2.29. The Morgan fingerprint density at radius 2 is 2.04 bits per heavy atom. The number of nitrogens with zero attached hydrogens (tertiary/aromatic N) is 1. The van der Waals surface area contributed by atoms with Crippen molar-refractivity contribution >= 4 is 23.5 Å². The Balaban J connectivity index is 1.79. The van der Waals surface area contributed by atoms with Gasteiger partial charge in [0, 0.05) is 23.7 Å². The number of rotatable bonds is 4. The van der Waals surface area contributed by atoms with Gasteiger partial charge in [0.1, 0.15) is 5.75 Å². The third-order valence-electron chi connectivity index (χ3n) is 4.44. The maximum atomic E-state index is 12.7. The molecule has 2 aromatic carbocycles. The predicted octanol–water partition coefficient (Wildman–Crippen LogP) is 3.17. The molecule has 2 aromatic rings. The largest absolute Gasteiger partial charge is 0.496 e. The number of carbonyl (C=O) groups excluding carboxylic acids is 1. The van der Waals surface area contributed by atoms with Gasteiger partial charge in [0.05, 0.1) is 19.1 Å². The van der Waals surface area contributed by atoms with Gasteiger partial charge >= 0.3 is 5.97 Å². The number of benzene rings is 2. The third kappa shape index (κ3) is 3.61. The number of carboxylic acid groups (broad SMARTS) is 1. The number of aromatic carboxylic acids is 1. The molecule has 25 heavy (non-hydrogen) atoms. The van der Waals surface area contributed by atoms with E-state index in [4.69, 9.17) is 21.4 Å². The summed E-state index contributed by atoms with van der Waals surface area (Å²) in [7, 11) is 1.55. The van der Waals surface area contributed by atoms with Crippen LogP contribution in [0.25, 0.3) is 0 Å². The summed E-state index contributed by atoms with van der Waals surface area (Å²) in [6.45, 7) is 1.01. The minimum absolute atomic E-state index is 0.0576. The van der Waals surface area contributed by atoms with Crippen molar-refractivity contribution in [3.8, 4) is 5.75 Å². The van der Waals surface area contributed by atoms with Gasteiger partial charge in [-0.1, -0.05) is 23.7 Å². The second-order valence-electron chi connectivity index (χ2n) is 5.95. The van der Waals surface area contributed by atoms with Crippen LogP contribution < -0.4 is 4.74 Å². The van der Waals surface area contributed by atoms with E-state index < -0.39 is 5.97 Å². The first-order chi connectivity index (χ1) is 12.0. The molecule has 0 unspecified atom stereocenters. The van der Waals surface area contributed by atoms with E-state index in [2.05, 4.69) is 0 Å². The van der Waals surface area contributed by atoms with Crippen LogP contribution in [0.15, 0.2) is 36.4 Å². The Morgan fingerprint density at radius 1 is 1.24 bits per heavy atom. The van der Waals surface area contributed by atoms with Crippen LogP contribution in [0.1, 0.15) is 27.0 Å². The fraction of sp³-hybridized carbons (Fsp3) is 0.263. The Morgan fingerprint density at radius 3 is 2.76 bits per heavy atom. The van der Waals surface area contributed by atoms with Crippen LogP contribution >= 0.6 is 11.6 Å². The van der Waals surface area contributed by atoms with Crippen molar-refractivity contribution in [1.29, 1.82) is 0 Å². The lowest BCUT2D eigenvalue weighted by molar-refractivity contribution is -0.131. The molecule has 0 saturated carbocycles. The first kappa shape index (κ1) is 17.3. The van der Waals surface area contributed by atoms with Crippen molar-refractivity contribution in [2.24, 2.45) is 0 Å². The summed E-state index contributed by atoms with van der Waals surface area (Å²) in [6, 6.07) is 10.4. The smallest absolute Gasteiger partial charge is 0.335 e. The zero-order chi connectivity index (χ0) is 18.0. The number of carbonyl (C=O) groups is 2. The van der Waals surface area contributed by atoms with Gasteiger partial charge in [0.25, 0.3) is 0 Å². The first-order valence-electron chi connectivity index (χ1n) is 7.94. The topological polar surface area (TPSA) is 66.8 Å². The van der Waals surface area contributed by atoms with E-state index in [-0.39, 0.29) is 17.9 Å². The summed E-state index contributed by atoms with van der Waals surface area (Å²) in [5.74, 6) is -0.434. The molecule has 1 amide bonds. The van der Waals surface area contributed by atoms with Gasteiger partial charge in [0.15, 0.2) is 0 Å². The highest BCUT2D eigenvalue weighted by Crippen LogP contribution is 2.28. The molecule has 0 aliphatic carbocycles. The third-order valence-corrected chi connectivity index (χ3v) is 4.80. The quantitative estimate of drug-likeness (QED) is 0.910. The molecule has 0 saturated heterocycles. The van der Waals surface area contributed by atoms with E-state index in [0.717, 1.165) is 11.1 Å². The Hall–Kier alpha value is -2.53. The maximum Gasteiger partial charge on any atom is 0.335 e. The van der Waals surface area contributed by atoms with Crippen molar-refractivity contribution in [2.75, 3.05) is 13.7 Å². The van der Waals surface area contributed by atoms with Gasteiger partial charge in [-0.05, 0) is 41.8 Å². The molecule has 0 radical (unpaired) electrons. The van der Waals surface area contributed by atoms with E-state index in [9.17, 15) is 9.59 Å². The molecule has 5 nitrogen and oxygen atoms in total. The fourth-order valence-corrected chi connectivity index (χ4v) is 3.30. The number of amides is 1. The number of hydrogen-bond acceptors (Lipinski definition) is 3. The highest BCUT2D eigenvalue weighted by Gasteiger charge is 2.23. The summed E-state index contributed by atoms with van der Waals surface area (Å²) in [4.78, 5) is 25.6. The molecule has 1 heterocycles. The average Bonchev–Trinajstić information content (AvgIpc) is 2.62. The van der Waals surface area contributed by atoms with Gasteiger partial charge in [0.2, 0.25) is 5.91 Å². The van der Waals surface area contributed by atoms with Crippen LogP contribution in [0.2, 0.25) is 5.02 Å². The fourth-order valence-electron chi connectivity index (χ4n) is 3.07. The normalized spacial score (nSPS) is 13.3. The van der Waals surface area contributed by atoms with Gasteiger partial charge in [-0.25, -0.2) is 4.79 Å². The molecule has 1 aliphatic rings. The number of ether oxygens (including phenoxy) is 1. The molecule has 0 bridgehead atoms. The minimum atomic E-state index is -0.966. The lowest BCUT2D eigenvalue weighted by atomic mass is 9.97. The van der Waals surface area contributed by atoms with Gasteiger partial charge in [-0.3, -0.25) is 4.79 Å². The molecule has 3 rings (SSSR count). The summed E-state index contributed by atoms with van der Waals surface area (Å²) in [5.41, 5.74) is 2.87. The second-order valence-corrected chi connectivity index (χ2v) is 6.36. The zero-order valence-corrected chi connectivity index (χ0v) is 14.5. The van der Waals surface area contributed by atoms with Gasteiger partial charge in [-0.2, -0.15) is 0 Å². The van der Waals surface area contributed by atoms with Crippen molar-refractivity contribution < 1.29 is 19.4 Å². The minimum Gasteiger partial charge on any atom is -0.496 e. The summed E-state index contributed by atoms with van der Waals surface area (Å²) in [6.07, 6.45) is 0.859. The zero-order valence-electron chi connectivity index (χ0n) is 13.8. The van der Waals surface area contributed by atoms with Crippen LogP contribution in [0.4, 0.5) is 0 Å². The van der Waals surface area contributed by atoms with E-state index in [1.165, 1.54) is 0 Å².